The van der Waals surface area contributed by atoms with Gasteiger partial charge < -0.3 is 10.6 Å². The number of anilines is 2. The largest absolute Gasteiger partial charge is 0.323 e. The van der Waals surface area contributed by atoms with E-state index in [0.717, 1.165) is 12.1 Å². The number of rotatable bonds is 5. The molecule has 2 N–H and O–H groups in total. The summed E-state index contributed by atoms with van der Waals surface area (Å²) in [6.07, 6.45) is 2.47. The number of urea groups is 1. The van der Waals surface area contributed by atoms with Crippen molar-refractivity contribution < 1.29 is 18.4 Å². The molecular weight excluding hydrogens is 362 g/mol. The highest BCUT2D eigenvalue weighted by molar-refractivity contribution is 6.08. The third-order valence-electron chi connectivity index (χ3n) is 3.81. The normalized spacial score (nSPS) is 10.6. The van der Waals surface area contributed by atoms with Crippen molar-refractivity contribution in [1.29, 1.82) is 0 Å². The fraction of sp³-hybridized carbons (Fsp3) is 0. The monoisotopic (exact) mass is 378 g/mol. The standard InChI is InChI=1S/C22H16F2N2O2/c23-17-11-9-15(20(24)14-17)10-12-21(27)16-5-4-8-19(13-16)26-22(28)25-18-6-2-1-3-7-18/h1-14H,(H2,25,26,28)/b12-10+. The van der Waals surface area contributed by atoms with E-state index in [4.69, 9.17) is 0 Å². The van der Waals surface area contributed by atoms with Crippen LogP contribution in [-0.4, -0.2) is 11.8 Å². The SMILES string of the molecule is O=C(Nc1ccccc1)Nc1cccc(C(=O)/C=C/c2ccc(F)cc2F)c1. The van der Waals surface area contributed by atoms with E-state index in [1.54, 1.807) is 42.5 Å². The third kappa shape index (κ3) is 5.11. The Morgan fingerprint density at radius 1 is 0.786 bits per heavy atom. The first-order chi connectivity index (χ1) is 13.5. The number of nitrogens with one attached hydrogen (secondary N) is 2. The number of ketones is 1. The summed E-state index contributed by atoms with van der Waals surface area (Å²) in [6, 6.07) is 18.0. The van der Waals surface area contributed by atoms with E-state index in [1.807, 2.05) is 6.07 Å². The average Bonchev–Trinajstić information content (AvgIpc) is 2.68. The maximum absolute atomic E-state index is 13.6. The molecule has 0 saturated heterocycles. The van der Waals surface area contributed by atoms with Crippen LogP contribution in [0.25, 0.3) is 6.08 Å². The average molecular weight is 378 g/mol. The second kappa shape index (κ2) is 8.73. The van der Waals surface area contributed by atoms with E-state index in [1.165, 1.54) is 24.3 Å². The molecule has 0 saturated carbocycles. The summed E-state index contributed by atoms with van der Waals surface area (Å²) in [4.78, 5) is 24.4. The summed E-state index contributed by atoms with van der Waals surface area (Å²) >= 11 is 0. The molecule has 0 aliphatic rings. The van der Waals surface area contributed by atoms with Gasteiger partial charge in [0.1, 0.15) is 11.6 Å². The molecule has 6 heteroatoms. The van der Waals surface area contributed by atoms with Gasteiger partial charge in [0, 0.05) is 28.6 Å². The van der Waals surface area contributed by atoms with Crippen molar-refractivity contribution in [2.75, 3.05) is 10.6 Å². The molecule has 28 heavy (non-hydrogen) atoms. The molecule has 140 valence electrons. The summed E-state index contributed by atoms with van der Waals surface area (Å²) in [5.41, 5.74) is 1.49. The molecule has 0 aliphatic carbocycles. The first kappa shape index (κ1) is 19.0. The summed E-state index contributed by atoms with van der Waals surface area (Å²) in [7, 11) is 0. The van der Waals surface area contributed by atoms with E-state index in [9.17, 15) is 18.4 Å². The molecule has 4 nitrogen and oxygen atoms in total. The van der Waals surface area contributed by atoms with Crippen LogP contribution >= 0.6 is 0 Å². The maximum Gasteiger partial charge on any atom is 0.323 e. The van der Waals surface area contributed by atoms with Crippen LogP contribution < -0.4 is 10.6 Å². The molecule has 3 rings (SSSR count). The Labute approximate surface area is 160 Å². The summed E-state index contributed by atoms with van der Waals surface area (Å²) < 4.78 is 26.6. The van der Waals surface area contributed by atoms with Gasteiger partial charge in [0.25, 0.3) is 0 Å². The number of halogens is 2. The predicted molar refractivity (Wildman–Crippen MR) is 105 cm³/mol. The maximum atomic E-state index is 13.6. The number of benzene rings is 3. The topological polar surface area (TPSA) is 58.2 Å². The van der Waals surface area contributed by atoms with Crippen LogP contribution in [0.1, 0.15) is 15.9 Å². The summed E-state index contributed by atoms with van der Waals surface area (Å²) in [5.74, 6) is -1.82. The molecule has 0 aliphatic heterocycles. The van der Waals surface area contributed by atoms with Gasteiger partial charge >= 0.3 is 6.03 Å². The smallest absolute Gasteiger partial charge is 0.308 e. The number of para-hydroxylation sites is 1. The highest BCUT2D eigenvalue weighted by atomic mass is 19.1. The van der Waals surface area contributed by atoms with E-state index >= 15 is 0 Å². The first-order valence-corrected chi connectivity index (χ1v) is 8.42. The molecule has 3 aromatic carbocycles. The van der Waals surface area contributed by atoms with Crippen LogP contribution in [-0.2, 0) is 0 Å². The number of amides is 2. The predicted octanol–water partition coefficient (Wildman–Crippen LogP) is 5.50. The molecule has 0 unspecified atom stereocenters. The third-order valence-corrected chi connectivity index (χ3v) is 3.81. The van der Waals surface area contributed by atoms with Crippen LogP contribution in [0, 0.1) is 11.6 Å². The Hall–Kier alpha value is -3.80. The Kier molecular flexibility index (Phi) is 5.91. The minimum Gasteiger partial charge on any atom is -0.308 e. The first-order valence-electron chi connectivity index (χ1n) is 8.42. The minimum absolute atomic E-state index is 0.103. The van der Waals surface area contributed by atoms with Gasteiger partial charge in [0.05, 0.1) is 0 Å². The highest BCUT2D eigenvalue weighted by Gasteiger charge is 2.07. The fourth-order valence-electron chi connectivity index (χ4n) is 2.46. The van der Waals surface area contributed by atoms with Crippen LogP contribution in [0.15, 0.2) is 78.9 Å². The molecule has 0 heterocycles. The number of carbonyl (C=O) groups excluding carboxylic acids is 2. The zero-order valence-electron chi connectivity index (χ0n) is 14.7. The van der Waals surface area contributed by atoms with Crippen molar-refractivity contribution >= 4 is 29.3 Å². The zero-order chi connectivity index (χ0) is 19.9. The number of carbonyl (C=O) groups is 2. The zero-order valence-corrected chi connectivity index (χ0v) is 14.7. The van der Waals surface area contributed by atoms with Gasteiger partial charge in [-0.3, -0.25) is 4.79 Å². The van der Waals surface area contributed by atoms with Gasteiger partial charge in [-0.15, -0.1) is 0 Å². The molecule has 3 aromatic rings. The van der Waals surface area contributed by atoms with Crippen LogP contribution in [0.3, 0.4) is 0 Å². The fourth-order valence-corrected chi connectivity index (χ4v) is 2.46. The Morgan fingerprint density at radius 3 is 2.25 bits per heavy atom. The van der Waals surface area contributed by atoms with E-state index in [2.05, 4.69) is 10.6 Å². The number of hydrogen-bond donors (Lipinski definition) is 2. The Bertz CT molecular complexity index is 1030. The van der Waals surface area contributed by atoms with Crippen molar-refractivity contribution in [3.05, 3.63) is 102 Å². The van der Waals surface area contributed by atoms with Gasteiger partial charge in [-0.05, 0) is 48.6 Å². The highest BCUT2D eigenvalue weighted by Crippen LogP contribution is 2.15. The van der Waals surface area contributed by atoms with Gasteiger partial charge in [0.2, 0.25) is 0 Å². The van der Waals surface area contributed by atoms with Gasteiger partial charge in [-0.2, -0.15) is 0 Å². The van der Waals surface area contributed by atoms with Crippen molar-refractivity contribution in [2.24, 2.45) is 0 Å². The lowest BCUT2D eigenvalue weighted by molar-refractivity contribution is 0.104. The van der Waals surface area contributed by atoms with Gasteiger partial charge in [-0.1, -0.05) is 30.3 Å². The van der Waals surface area contributed by atoms with Crippen LogP contribution in [0.5, 0.6) is 0 Å². The van der Waals surface area contributed by atoms with E-state index in [0.29, 0.717) is 16.9 Å². The molecule has 2 amide bonds. The number of hydrogen-bond acceptors (Lipinski definition) is 2. The second-order valence-electron chi connectivity index (χ2n) is 5.89. The molecule has 0 aromatic heterocycles. The molecule has 0 spiro atoms. The van der Waals surface area contributed by atoms with E-state index < -0.39 is 17.7 Å². The van der Waals surface area contributed by atoms with Crippen molar-refractivity contribution in [1.82, 2.24) is 0 Å². The lowest BCUT2D eigenvalue weighted by Crippen LogP contribution is -2.19. The van der Waals surface area contributed by atoms with E-state index in [-0.39, 0.29) is 11.3 Å². The van der Waals surface area contributed by atoms with Crippen molar-refractivity contribution in [2.45, 2.75) is 0 Å². The Balaban J connectivity index is 1.67. The Morgan fingerprint density at radius 2 is 1.50 bits per heavy atom. The molecule has 0 atom stereocenters. The second-order valence-corrected chi connectivity index (χ2v) is 5.89. The van der Waals surface area contributed by atoms with Crippen molar-refractivity contribution in [3.8, 4) is 0 Å². The lowest BCUT2D eigenvalue weighted by Gasteiger charge is -2.08. The van der Waals surface area contributed by atoms with Crippen molar-refractivity contribution in [3.63, 3.8) is 0 Å². The summed E-state index contributed by atoms with van der Waals surface area (Å²) in [5, 5.41) is 5.32. The quantitative estimate of drug-likeness (QED) is 0.455. The van der Waals surface area contributed by atoms with Crippen LogP contribution in [0.4, 0.5) is 25.0 Å². The molecule has 0 bridgehead atoms. The molecular formula is C22H16F2N2O2. The van der Waals surface area contributed by atoms with Crippen LogP contribution in [0.2, 0.25) is 0 Å². The van der Waals surface area contributed by atoms with Gasteiger partial charge in [0.15, 0.2) is 5.78 Å². The number of allylic oxidation sites excluding steroid dienone is 1. The minimum atomic E-state index is -0.753. The lowest BCUT2D eigenvalue weighted by atomic mass is 10.1. The molecule has 0 fully saturated rings. The summed E-state index contributed by atoms with van der Waals surface area (Å²) in [6.45, 7) is 0. The van der Waals surface area contributed by atoms with Gasteiger partial charge in [-0.25, -0.2) is 13.6 Å². The molecule has 0 radical (unpaired) electrons.